The smallest absolute Gasteiger partial charge is 0.225 e. The third-order valence-electron chi connectivity index (χ3n) is 3.96. The number of carbonyl (C=O) groups excluding carboxylic acids is 1. The molecule has 114 valence electrons. The Kier molecular flexibility index (Phi) is 3.87. The Morgan fingerprint density at radius 2 is 2.24 bits per heavy atom. The molecule has 1 amide bonds. The van der Waals surface area contributed by atoms with Crippen LogP contribution < -0.4 is 10.6 Å². The van der Waals surface area contributed by atoms with E-state index in [9.17, 15) is 4.79 Å². The lowest BCUT2D eigenvalue weighted by Gasteiger charge is -2.25. The van der Waals surface area contributed by atoms with Gasteiger partial charge in [-0.3, -0.25) is 4.79 Å². The minimum atomic E-state index is -0.541. The van der Waals surface area contributed by atoms with Crippen LogP contribution in [0, 0.1) is 5.92 Å². The zero-order valence-corrected chi connectivity index (χ0v) is 12.5. The Balaban J connectivity index is 1.51. The van der Waals surface area contributed by atoms with Gasteiger partial charge in [-0.25, -0.2) is 0 Å². The Bertz CT molecular complexity index is 530. The molecule has 21 heavy (non-hydrogen) atoms. The summed E-state index contributed by atoms with van der Waals surface area (Å²) >= 11 is 0. The van der Waals surface area contributed by atoms with Crippen LogP contribution in [-0.2, 0) is 20.7 Å². The van der Waals surface area contributed by atoms with Gasteiger partial charge >= 0.3 is 0 Å². The number of fused-ring (bicyclic) bond motifs is 1. The second-order valence-electron chi connectivity index (χ2n) is 6.13. The van der Waals surface area contributed by atoms with E-state index in [1.165, 1.54) is 5.56 Å². The summed E-state index contributed by atoms with van der Waals surface area (Å²) in [5, 5.41) is 6.30. The van der Waals surface area contributed by atoms with Crippen molar-refractivity contribution < 1.29 is 14.3 Å². The molecule has 2 N–H and O–H groups in total. The number of anilines is 1. The van der Waals surface area contributed by atoms with Gasteiger partial charge in [-0.1, -0.05) is 18.2 Å². The number of carbonyl (C=O) groups is 1. The summed E-state index contributed by atoms with van der Waals surface area (Å²) in [5.41, 5.74) is 2.33. The normalized spacial score (nSPS) is 26.8. The van der Waals surface area contributed by atoms with Crippen LogP contribution in [0.5, 0.6) is 0 Å². The maximum Gasteiger partial charge on any atom is 0.225 e. The SMILES string of the molecule is CC1(C)OCC(CNC(=O)C2CNc3ccccc3C2)O1. The molecule has 0 saturated carbocycles. The largest absolute Gasteiger partial charge is 0.384 e. The zero-order chi connectivity index (χ0) is 14.9. The molecule has 1 aromatic carbocycles. The summed E-state index contributed by atoms with van der Waals surface area (Å²) < 4.78 is 11.2. The highest BCUT2D eigenvalue weighted by molar-refractivity contribution is 5.80. The van der Waals surface area contributed by atoms with Gasteiger partial charge in [0.2, 0.25) is 5.91 Å². The van der Waals surface area contributed by atoms with E-state index in [2.05, 4.69) is 22.8 Å². The Morgan fingerprint density at radius 3 is 3.00 bits per heavy atom. The standard InChI is InChI=1S/C16H22N2O3/c1-16(2)20-10-13(21-16)9-18-15(19)12-7-11-5-3-4-6-14(11)17-8-12/h3-6,12-13,17H,7-10H2,1-2H3,(H,18,19). The van der Waals surface area contributed by atoms with Crippen molar-refractivity contribution in [2.24, 2.45) is 5.92 Å². The van der Waals surface area contributed by atoms with Crippen molar-refractivity contribution in [2.45, 2.75) is 32.2 Å². The van der Waals surface area contributed by atoms with E-state index in [0.29, 0.717) is 19.7 Å². The van der Waals surface area contributed by atoms with Crippen molar-refractivity contribution >= 4 is 11.6 Å². The predicted molar refractivity (Wildman–Crippen MR) is 80.0 cm³/mol. The minimum absolute atomic E-state index is 0.0322. The molecule has 0 radical (unpaired) electrons. The van der Waals surface area contributed by atoms with Crippen LogP contribution in [0.2, 0.25) is 0 Å². The van der Waals surface area contributed by atoms with Gasteiger partial charge in [-0.05, 0) is 31.9 Å². The molecule has 1 saturated heterocycles. The first-order chi connectivity index (χ1) is 10.0. The molecule has 0 bridgehead atoms. The molecule has 2 aliphatic rings. The molecule has 2 atom stereocenters. The summed E-state index contributed by atoms with van der Waals surface area (Å²) in [6, 6.07) is 8.13. The second-order valence-corrected chi connectivity index (χ2v) is 6.13. The van der Waals surface area contributed by atoms with E-state index in [1.807, 2.05) is 26.0 Å². The van der Waals surface area contributed by atoms with Crippen LogP contribution >= 0.6 is 0 Å². The first-order valence-electron chi connectivity index (χ1n) is 7.45. The summed E-state index contributed by atoms with van der Waals surface area (Å²) in [4.78, 5) is 12.3. The zero-order valence-electron chi connectivity index (χ0n) is 12.5. The fourth-order valence-electron chi connectivity index (χ4n) is 2.85. The highest BCUT2D eigenvalue weighted by Crippen LogP contribution is 2.25. The molecule has 0 spiro atoms. The van der Waals surface area contributed by atoms with Crippen LogP contribution in [0.25, 0.3) is 0 Å². The number of benzene rings is 1. The van der Waals surface area contributed by atoms with Gasteiger partial charge in [0.1, 0.15) is 6.10 Å². The maximum atomic E-state index is 12.3. The van der Waals surface area contributed by atoms with Crippen LogP contribution in [0.15, 0.2) is 24.3 Å². The lowest BCUT2D eigenvalue weighted by atomic mass is 9.93. The number of rotatable bonds is 3. The van der Waals surface area contributed by atoms with Crippen molar-refractivity contribution in [3.63, 3.8) is 0 Å². The molecule has 2 heterocycles. The van der Waals surface area contributed by atoms with Gasteiger partial charge in [0, 0.05) is 18.8 Å². The van der Waals surface area contributed by atoms with Crippen molar-refractivity contribution in [1.29, 1.82) is 0 Å². The quantitative estimate of drug-likeness (QED) is 0.886. The molecule has 1 fully saturated rings. The van der Waals surface area contributed by atoms with E-state index in [1.54, 1.807) is 0 Å². The van der Waals surface area contributed by atoms with Crippen LogP contribution in [0.4, 0.5) is 5.69 Å². The molecular formula is C16H22N2O3. The van der Waals surface area contributed by atoms with E-state index in [-0.39, 0.29) is 17.9 Å². The molecular weight excluding hydrogens is 268 g/mol. The maximum absolute atomic E-state index is 12.3. The Labute approximate surface area is 125 Å². The van der Waals surface area contributed by atoms with Crippen LogP contribution in [0.3, 0.4) is 0 Å². The second kappa shape index (κ2) is 5.66. The lowest BCUT2D eigenvalue weighted by molar-refractivity contribution is -0.140. The number of amides is 1. The average Bonchev–Trinajstić information content (AvgIpc) is 2.83. The Morgan fingerprint density at radius 1 is 1.43 bits per heavy atom. The molecule has 2 unspecified atom stereocenters. The number of ether oxygens (including phenoxy) is 2. The Hall–Kier alpha value is -1.59. The first-order valence-corrected chi connectivity index (χ1v) is 7.45. The monoisotopic (exact) mass is 290 g/mol. The van der Waals surface area contributed by atoms with Gasteiger partial charge in [-0.15, -0.1) is 0 Å². The highest BCUT2D eigenvalue weighted by Gasteiger charge is 2.33. The summed E-state index contributed by atoms with van der Waals surface area (Å²) in [6.45, 7) is 5.48. The van der Waals surface area contributed by atoms with Gasteiger partial charge in [0.15, 0.2) is 5.79 Å². The highest BCUT2D eigenvalue weighted by atomic mass is 16.7. The number of para-hydroxylation sites is 1. The van der Waals surface area contributed by atoms with Crippen LogP contribution in [-0.4, -0.2) is 37.5 Å². The molecule has 3 rings (SSSR count). The topological polar surface area (TPSA) is 59.6 Å². The molecule has 0 aliphatic carbocycles. The van der Waals surface area contributed by atoms with E-state index < -0.39 is 5.79 Å². The van der Waals surface area contributed by atoms with Crippen LogP contribution in [0.1, 0.15) is 19.4 Å². The first kappa shape index (κ1) is 14.4. The predicted octanol–water partition coefficient (Wildman–Crippen LogP) is 1.54. The third kappa shape index (κ3) is 3.36. The fraction of sp³-hybridized carbons (Fsp3) is 0.562. The minimum Gasteiger partial charge on any atom is -0.384 e. The van der Waals surface area contributed by atoms with Gasteiger partial charge in [0.25, 0.3) is 0 Å². The molecule has 5 nitrogen and oxygen atoms in total. The number of hydrogen-bond acceptors (Lipinski definition) is 4. The molecule has 0 aromatic heterocycles. The summed E-state index contributed by atoms with van der Waals surface area (Å²) in [5.74, 6) is -0.499. The summed E-state index contributed by atoms with van der Waals surface area (Å²) in [6.07, 6.45) is 0.718. The van der Waals surface area contributed by atoms with Crippen molar-refractivity contribution in [1.82, 2.24) is 5.32 Å². The third-order valence-corrected chi connectivity index (χ3v) is 3.96. The van der Waals surface area contributed by atoms with E-state index >= 15 is 0 Å². The number of nitrogens with one attached hydrogen (secondary N) is 2. The van der Waals surface area contributed by atoms with Crippen molar-refractivity contribution in [3.05, 3.63) is 29.8 Å². The van der Waals surface area contributed by atoms with E-state index in [4.69, 9.17) is 9.47 Å². The average molecular weight is 290 g/mol. The van der Waals surface area contributed by atoms with E-state index in [0.717, 1.165) is 12.1 Å². The van der Waals surface area contributed by atoms with Crippen molar-refractivity contribution in [3.8, 4) is 0 Å². The molecule has 5 heteroatoms. The van der Waals surface area contributed by atoms with Gasteiger partial charge < -0.3 is 20.1 Å². The van der Waals surface area contributed by atoms with Gasteiger partial charge in [0.05, 0.1) is 12.5 Å². The van der Waals surface area contributed by atoms with Gasteiger partial charge in [-0.2, -0.15) is 0 Å². The van der Waals surface area contributed by atoms with Crippen molar-refractivity contribution in [2.75, 3.05) is 25.0 Å². The number of hydrogen-bond donors (Lipinski definition) is 2. The fourth-order valence-corrected chi connectivity index (χ4v) is 2.85. The lowest BCUT2D eigenvalue weighted by Crippen LogP contribution is -2.42. The molecule has 2 aliphatic heterocycles. The molecule has 1 aromatic rings. The summed E-state index contributed by atoms with van der Waals surface area (Å²) in [7, 11) is 0.